The third-order valence-electron chi connectivity index (χ3n) is 5.44. The molecule has 2 rings (SSSR count). The fraction of sp³-hybridized carbons (Fsp3) is 0.778. The standard InChI is InChI=1S/C18H29N3O4/c1-12(15(23)11-22)20-17(24)14-9-6-10-21(14)18(25)16(19-2)13-7-4-3-5-8-13/h11-14,16,19H,3-10H2,1-2H3,(H,20,24)/t12?,14?,16-/m0/s1. The lowest BCUT2D eigenvalue weighted by Gasteiger charge is -2.34. The molecule has 0 radical (unpaired) electrons. The topological polar surface area (TPSA) is 95.6 Å². The molecule has 1 saturated carbocycles. The van der Waals surface area contributed by atoms with E-state index in [1.807, 2.05) is 0 Å². The Bertz CT molecular complexity index is 516. The Morgan fingerprint density at radius 1 is 1.08 bits per heavy atom. The van der Waals surface area contributed by atoms with Crippen LogP contribution in [0.1, 0.15) is 51.9 Å². The van der Waals surface area contributed by atoms with Crippen molar-refractivity contribution in [1.29, 1.82) is 0 Å². The van der Waals surface area contributed by atoms with E-state index in [9.17, 15) is 19.2 Å². The maximum absolute atomic E-state index is 13.0. The lowest BCUT2D eigenvalue weighted by molar-refractivity contribution is -0.142. The average molecular weight is 351 g/mol. The molecule has 7 nitrogen and oxygen atoms in total. The van der Waals surface area contributed by atoms with Gasteiger partial charge in [-0.05, 0) is 45.6 Å². The highest BCUT2D eigenvalue weighted by molar-refractivity contribution is 6.27. The van der Waals surface area contributed by atoms with Gasteiger partial charge in [-0.1, -0.05) is 19.3 Å². The van der Waals surface area contributed by atoms with Crippen molar-refractivity contribution >= 4 is 23.9 Å². The van der Waals surface area contributed by atoms with Crippen LogP contribution in [0.2, 0.25) is 0 Å². The largest absolute Gasteiger partial charge is 0.344 e. The van der Waals surface area contributed by atoms with Gasteiger partial charge in [-0.15, -0.1) is 0 Å². The molecule has 2 unspecified atom stereocenters. The minimum Gasteiger partial charge on any atom is -0.344 e. The average Bonchev–Trinajstić information content (AvgIpc) is 3.12. The molecule has 0 bridgehead atoms. The van der Waals surface area contributed by atoms with E-state index in [4.69, 9.17) is 0 Å². The number of likely N-dealkylation sites (N-methyl/N-ethyl adjacent to an activating group) is 1. The summed E-state index contributed by atoms with van der Waals surface area (Å²) in [5.41, 5.74) is 0. The van der Waals surface area contributed by atoms with E-state index < -0.39 is 17.9 Å². The van der Waals surface area contributed by atoms with Crippen LogP contribution < -0.4 is 10.6 Å². The second-order valence-electron chi connectivity index (χ2n) is 7.10. The normalized spacial score (nSPS) is 23.8. The van der Waals surface area contributed by atoms with E-state index in [1.54, 1.807) is 11.9 Å². The molecule has 140 valence electrons. The zero-order valence-electron chi connectivity index (χ0n) is 15.1. The molecule has 1 heterocycles. The molecule has 25 heavy (non-hydrogen) atoms. The lowest BCUT2D eigenvalue weighted by Crippen LogP contribution is -2.55. The number of carbonyl (C=O) groups is 4. The zero-order valence-corrected chi connectivity index (χ0v) is 15.1. The molecule has 3 atom stereocenters. The van der Waals surface area contributed by atoms with Gasteiger partial charge in [0, 0.05) is 6.54 Å². The van der Waals surface area contributed by atoms with Gasteiger partial charge in [0.2, 0.25) is 17.6 Å². The summed E-state index contributed by atoms with van der Waals surface area (Å²) in [5, 5.41) is 5.71. The van der Waals surface area contributed by atoms with E-state index in [0.717, 1.165) is 32.1 Å². The third kappa shape index (κ3) is 4.66. The van der Waals surface area contributed by atoms with Crippen LogP contribution in [0.15, 0.2) is 0 Å². The highest BCUT2D eigenvalue weighted by atomic mass is 16.2. The molecule has 0 aromatic heterocycles. The lowest BCUT2D eigenvalue weighted by atomic mass is 9.83. The fourth-order valence-electron chi connectivity index (χ4n) is 3.99. The van der Waals surface area contributed by atoms with Crippen molar-refractivity contribution in [2.24, 2.45) is 5.92 Å². The number of nitrogens with zero attached hydrogens (tertiary/aromatic N) is 1. The molecule has 0 aromatic carbocycles. The molecule has 1 aliphatic carbocycles. The fourth-order valence-corrected chi connectivity index (χ4v) is 3.99. The first-order chi connectivity index (χ1) is 12.0. The maximum atomic E-state index is 13.0. The summed E-state index contributed by atoms with van der Waals surface area (Å²) >= 11 is 0. The van der Waals surface area contributed by atoms with Crippen LogP contribution in [-0.4, -0.2) is 60.5 Å². The SMILES string of the molecule is CN[C@H](C(=O)N1CCCC1C(=O)NC(C)C(=O)C=O)C1CCCCC1. The van der Waals surface area contributed by atoms with Crippen molar-refractivity contribution in [1.82, 2.24) is 15.5 Å². The summed E-state index contributed by atoms with van der Waals surface area (Å²) in [4.78, 5) is 49.1. The second kappa shape index (κ2) is 9.08. The Balaban J connectivity index is 2.03. The minimum absolute atomic E-state index is 0.0265. The molecule has 2 aliphatic rings. The third-order valence-corrected chi connectivity index (χ3v) is 5.44. The number of hydrogen-bond acceptors (Lipinski definition) is 5. The number of likely N-dealkylation sites (tertiary alicyclic amines) is 1. The van der Waals surface area contributed by atoms with Crippen molar-refractivity contribution in [3.8, 4) is 0 Å². The molecule has 2 fully saturated rings. The molecule has 0 aromatic rings. The Morgan fingerprint density at radius 2 is 1.76 bits per heavy atom. The van der Waals surface area contributed by atoms with Crippen molar-refractivity contribution in [3.05, 3.63) is 0 Å². The molecule has 2 N–H and O–H groups in total. The van der Waals surface area contributed by atoms with Gasteiger partial charge in [0.05, 0.1) is 12.1 Å². The van der Waals surface area contributed by atoms with E-state index >= 15 is 0 Å². The first-order valence-electron chi connectivity index (χ1n) is 9.26. The summed E-state index contributed by atoms with van der Waals surface area (Å²) in [7, 11) is 1.80. The smallest absolute Gasteiger partial charge is 0.243 e. The number of Topliss-reactive ketones (excluding diaryl/α,β-unsaturated/α-hetero) is 1. The van der Waals surface area contributed by atoms with Gasteiger partial charge in [-0.25, -0.2) is 0 Å². The molecule has 0 spiro atoms. The summed E-state index contributed by atoms with van der Waals surface area (Å²) < 4.78 is 0. The van der Waals surface area contributed by atoms with Crippen molar-refractivity contribution in [2.45, 2.75) is 70.0 Å². The number of ketones is 1. The summed E-state index contributed by atoms with van der Waals surface area (Å²) in [6.45, 7) is 2.03. The van der Waals surface area contributed by atoms with E-state index in [0.29, 0.717) is 18.9 Å². The van der Waals surface area contributed by atoms with Gasteiger partial charge >= 0.3 is 0 Å². The second-order valence-corrected chi connectivity index (χ2v) is 7.10. The predicted molar refractivity (Wildman–Crippen MR) is 92.8 cm³/mol. The highest BCUT2D eigenvalue weighted by Gasteiger charge is 2.39. The quantitative estimate of drug-likeness (QED) is 0.512. The number of hydrogen-bond donors (Lipinski definition) is 2. The van der Waals surface area contributed by atoms with E-state index in [-0.39, 0.29) is 24.1 Å². The van der Waals surface area contributed by atoms with Gasteiger partial charge in [-0.2, -0.15) is 0 Å². The van der Waals surface area contributed by atoms with Crippen LogP contribution in [0.4, 0.5) is 0 Å². The number of rotatable bonds is 7. The van der Waals surface area contributed by atoms with Crippen LogP contribution in [0.25, 0.3) is 0 Å². The van der Waals surface area contributed by atoms with Gasteiger partial charge in [-0.3, -0.25) is 19.2 Å². The van der Waals surface area contributed by atoms with Crippen LogP contribution in [0.5, 0.6) is 0 Å². The van der Waals surface area contributed by atoms with Crippen LogP contribution >= 0.6 is 0 Å². The monoisotopic (exact) mass is 351 g/mol. The van der Waals surface area contributed by atoms with Gasteiger partial charge in [0.25, 0.3) is 0 Å². The predicted octanol–water partition coefficient (Wildman–Crippen LogP) is 0.418. The van der Waals surface area contributed by atoms with E-state index in [2.05, 4.69) is 10.6 Å². The highest BCUT2D eigenvalue weighted by Crippen LogP contribution is 2.29. The minimum atomic E-state index is -0.860. The number of carbonyl (C=O) groups excluding carboxylic acids is 4. The van der Waals surface area contributed by atoms with Gasteiger partial charge in [0.1, 0.15) is 6.04 Å². The zero-order chi connectivity index (χ0) is 18.4. The Morgan fingerprint density at radius 3 is 2.36 bits per heavy atom. The maximum Gasteiger partial charge on any atom is 0.243 e. The van der Waals surface area contributed by atoms with Crippen molar-refractivity contribution < 1.29 is 19.2 Å². The molecule has 1 aliphatic heterocycles. The summed E-state index contributed by atoms with van der Waals surface area (Å²) in [6, 6.07) is -1.68. The molecular formula is C18H29N3O4. The molecule has 7 heteroatoms. The number of amides is 2. The number of nitrogens with one attached hydrogen (secondary N) is 2. The Labute approximate surface area is 148 Å². The molecule has 1 saturated heterocycles. The summed E-state index contributed by atoms with van der Waals surface area (Å²) in [6.07, 6.45) is 7.14. The Kier molecular flexibility index (Phi) is 7.11. The molecule has 2 amide bonds. The first-order valence-corrected chi connectivity index (χ1v) is 9.26. The van der Waals surface area contributed by atoms with Crippen molar-refractivity contribution in [3.63, 3.8) is 0 Å². The van der Waals surface area contributed by atoms with Crippen LogP contribution in [-0.2, 0) is 19.2 Å². The van der Waals surface area contributed by atoms with E-state index in [1.165, 1.54) is 13.3 Å². The van der Waals surface area contributed by atoms with Gasteiger partial charge < -0.3 is 15.5 Å². The number of aldehydes is 1. The van der Waals surface area contributed by atoms with Crippen molar-refractivity contribution in [2.75, 3.05) is 13.6 Å². The van der Waals surface area contributed by atoms with Crippen LogP contribution in [0, 0.1) is 5.92 Å². The Hall–Kier alpha value is -1.76. The van der Waals surface area contributed by atoms with Crippen LogP contribution in [0.3, 0.4) is 0 Å². The van der Waals surface area contributed by atoms with Gasteiger partial charge in [0.15, 0.2) is 6.29 Å². The molecular weight excluding hydrogens is 322 g/mol. The summed E-state index contributed by atoms with van der Waals surface area (Å²) in [5.74, 6) is -0.737. The first kappa shape index (κ1) is 19.6.